The molecule has 2 aromatic rings. The molecule has 6 heteroatoms. The molecule has 0 spiro atoms. The lowest BCUT2D eigenvalue weighted by Gasteiger charge is -2.34. The number of rotatable bonds is 7. The third-order valence-electron chi connectivity index (χ3n) is 4.44. The van der Waals surface area contributed by atoms with Gasteiger partial charge in [-0.05, 0) is 36.8 Å². The SMILES string of the molecule is Cc1ccc(C(CNCc2ccc(C(=O)O)cc2)N2CCOCC2)s1. The molecule has 1 fully saturated rings. The van der Waals surface area contributed by atoms with E-state index < -0.39 is 5.97 Å². The van der Waals surface area contributed by atoms with Crippen molar-refractivity contribution in [3.05, 3.63) is 57.3 Å². The molecule has 1 aliphatic rings. The van der Waals surface area contributed by atoms with Crippen molar-refractivity contribution in [2.45, 2.75) is 19.5 Å². The summed E-state index contributed by atoms with van der Waals surface area (Å²) in [6.45, 7) is 7.22. The second-order valence-corrected chi connectivity index (χ2v) is 7.57. The zero-order valence-electron chi connectivity index (χ0n) is 14.4. The minimum atomic E-state index is -0.889. The van der Waals surface area contributed by atoms with E-state index in [4.69, 9.17) is 9.84 Å². The number of carboxylic acid groups (broad SMARTS) is 1. The first-order valence-corrected chi connectivity index (χ1v) is 9.36. The van der Waals surface area contributed by atoms with Gasteiger partial charge in [0.25, 0.3) is 0 Å². The van der Waals surface area contributed by atoms with Crippen LogP contribution in [0.2, 0.25) is 0 Å². The number of carbonyl (C=O) groups is 1. The number of nitrogens with one attached hydrogen (secondary N) is 1. The van der Waals surface area contributed by atoms with E-state index in [1.165, 1.54) is 9.75 Å². The van der Waals surface area contributed by atoms with E-state index >= 15 is 0 Å². The van der Waals surface area contributed by atoms with E-state index in [9.17, 15) is 4.79 Å². The van der Waals surface area contributed by atoms with Crippen molar-refractivity contribution in [3.8, 4) is 0 Å². The second-order valence-electron chi connectivity index (χ2n) is 6.25. The van der Waals surface area contributed by atoms with Crippen LogP contribution >= 0.6 is 11.3 Å². The lowest BCUT2D eigenvalue weighted by molar-refractivity contribution is 0.0168. The van der Waals surface area contributed by atoms with Crippen LogP contribution in [0, 0.1) is 6.92 Å². The highest BCUT2D eigenvalue weighted by molar-refractivity contribution is 7.12. The molecular formula is C19H24N2O3S. The van der Waals surface area contributed by atoms with Crippen molar-refractivity contribution >= 4 is 17.3 Å². The van der Waals surface area contributed by atoms with Crippen molar-refractivity contribution in [3.63, 3.8) is 0 Å². The minimum Gasteiger partial charge on any atom is -0.478 e. The zero-order chi connectivity index (χ0) is 17.6. The van der Waals surface area contributed by atoms with Crippen molar-refractivity contribution in [1.29, 1.82) is 0 Å². The molecule has 2 N–H and O–H groups in total. The third-order valence-corrected chi connectivity index (χ3v) is 5.55. The third kappa shape index (κ3) is 4.89. The van der Waals surface area contributed by atoms with Crippen molar-refractivity contribution < 1.29 is 14.6 Å². The Labute approximate surface area is 152 Å². The largest absolute Gasteiger partial charge is 0.478 e. The van der Waals surface area contributed by atoms with Crippen LogP contribution < -0.4 is 5.32 Å². The highest BCUT2D eigenvalue weighted by atomic mass is 32.1. The number of carboxylic acids is 1. The topological polar surface area (TPSA) is 61.8 Å². The quantitative estimate of drug-likeness (QED) is 0.795. The van der Waals surface area contributed by atoms with Crippen LogP contribution in [0.1, 0.15) is 31.7 Å². The van der Waals surface area contributed by atoms with Crippen LogP contribution in [-0.4, -0.2) is 48.8 Å². The Morgan fingerprint density at radius 1 is 1.24 bits per heavy atom. The lowest BCUT2D eigenvalue weighted by atomic mass is 10.1. The molecule has 0 bridgehead atoms. The number of morpholine rings is 1. The maximum atomic E-state index is 10.9. The summed E-state index contributed by atoms with van der Waals surface area (Å²) in [7, 11) is 0. The van der Waals surface area contributed by atoms with Crippen LogP contribution in [0.5, 0.6) is 0 Å². The Kier molecular flexibility index (Phi) is 6.20. The number of benzene rings is 1. The summed E-state index contributed by atoms with van der Waals surface area (Å²) in [6.07, 6.45) is 0. The van der Waals surface area contributed by atoms with Gasteiger partial charge in [-0.25, -0.2) is 4.79 Å². The molecule has 25 heavy (non-hydrogen) atoms. The van der Waals surface area contributed by atoms with E-state index in [0.717, 1.165) is 45.0 Å². The summed E-state index contributed by atoms with van der Waals surface area (Å²) in [4.78, 5) is 16.1. The predicted molar refractivity (Wildman–Crippen MR) is 99.3 cm³/mol. The van der Waals surface area contributed by atoms with Crippen LogP contribution in [0.3, 0.4) is 0 Å². The fourth-order valence-corrected chi connectivity index (χ4v) is 4.06. The summed E-state index contributed by atoms with van der Waals surface area (Å²) < 4.78 is 5.49. The monoisotopic (exact) mass is 360 g/mol. The van der Waals surface area contributed by atoms with Crippen LogP contribution in [0.15, 0.2) is 36.4 Å². The maximum absolute atomic E-state index is 10.9. The molecule has 0 aliphatic carbocycles. The highest BCUT2D eigenvalue weighted by Crippen LogP contribution is 2.28. The maximum Gasteiger partial charge on any atom is 0.335 e. The van der Waals surface area contributed by atoms with Gasteiger partial charge in [-0.15, -0.1) is 11.3 Å². The fourth-order valence-electron chi connectivity index (χ4n) is 3.05. The van der Waals surface area contributed by atoms with E-state index in [2.05, 4.69) is 29.3 Å². The van der Waals surface area contributed by atoms with Crippen LogP contribution in [0.4, 0.5) is 0 Å². The molecule has 5 nitrogen and oxygen atoms in total. The van der Waals surface area contributed by atoms with E-state index in [1.54, 1.807) is 12.1 Å². The first kappa shape index (κ1) is 18.1. The Morgan fingerprint density at radius 3 is 2.56 bits per heavy atom. The normalized spacial score (nSPS) is 16.7. The molecule has 1 aromatic carbocycles. The van der Waals surface area contributed by atoms with E-state index in [1.807, 2.05) is 23.5 Å². The molecule has 134 valence electrons. The second kappa shape index (κ2) is 8.58. The lowest BCUT2D eigenvalue weighted by Crippen LogP contribution is -2.42. The summed E-state index contributed by atoms with van der Waals surface area (Å²) in [5, 5.41) is 12.5. The first-order valence-electron chi connectivity index (χ1n) is 8.54. The fraction of sp³-hybridized carbons (Fsp3) is 0.421. The number of hydrogen-bond donors (Lipinski definition) is 2. The molecule has 1 unspecified atom stereocenters. The number of aryl methyl sites for hydroxylation is 1. The van der Waals surface area contributed by atoms with Crippen molar-refractivity contribution in [2.75, 3.05) is 32.8 Å². The number of ether oxygens (including phenoxy) is 1. The van der Waals surface area contributed by atoms with Gasteiger partial charge in [0.05, 0.1) is 24.8 Å². The van der Waals surface area contributed by atoms with Gasteiger partial charge in [-0.2, -0.15) is 0 Å². The average molecular weight is 360 g/mol. The van der Waals surface area contributed by atoms with Gasteiger partial charge >= 0.3 is 5.97 Å². The van der Waals surface area contributed by atoms with Crippen molar-refractivity contribution in [1.82, 2.24) is 10.2 Å². The van der Waals surface area contributed by atoms with Gasteiger partial charge < -0.3 is 15.2 Å². The molecule has 1 atom stereocenters. The zero-order valence-corrected chi connectivity index (χ0v) is 15.2. The summed E-state index contributed by atoms with van der Waals surface area (Å²) in [5.41, 5.74) is 1.41. The van der Waals surface area contributed by atoms with E-state index in [0.29, 0.717) is 11.6 Å². The molecule has 0 radical (unpaired) electrons. The van der Waals surface area contributed by atoms with E-state index in [-0.39, 0.29) is 0 Å². The smallest absolute Gasteiger partial charge is 0.335 e. The van der Waals surface area contributed by atoms with Gasteiger partial charge in [0.2, 0.25) is 0 Å². The molecule has 3 rings (SSSR count). The number of aromatic carboxylic acids is 1. The Balaban J connectivity index is 1.61. The average Bonchev–Trinajstić information content (AvgIpc) is 3.06. The highest BCUT2D eigenvalue weighted by Gasteiger charge is 2.23. The summed E-state index contributed by atoms with van der Waals surface area (Å²) in [5.74, 6) is -0.889. The molecule has 2 heterocycles. The van der Waals surface area contributed by atoms with Crippen molar-refractivity contribution in [2.24, 2.45) is 0 Å². The standard InChI is InChI=1S/C19H24N2O3S/c1-14-2-7-18(25-14)17(21-8-10-24-11-9-21)13-20-12-15-3-5-16(6-4-15)19(22)23/h2-7,17,20H,8-13H2,1H3,(H,22,23). The van der Waals surface area contributed by atoms with Gasteiger partial charge in [0.1, 0.15) is 0 Å². The number of thiophene rings is 1. The number of nitrogens with zero attached hydrogens (tertiary/aromatic N) is 1. The minimum absolute atomic E-state index is 0.323. The Morgan fingerprint density at radius 2 is 1.96 bits per heavy atom. The van der Waals surface area contributed by atoms with Gasteiger partial charge in [-0.1, -0.05) is 12.1 Å². The Hall–Kier alpha value is -1.73. The number of hydrogen-bond acceptors (Lipinski definition) is 5. The van der Waals surface area contributed by atoms with Crippen LogP contribution in [0.25, 0.3) is 0 Å². The van der Waals surface area contributed by atoms with Crippen LogP contribution in [-0.2, 0) is 11.3 Å². The molecule has 1 saturated heterocycles. The summed E-state index contributed by atoms with van der Waals surface area (Å²) in [6, 6.07) is 11.8. The first-order chi connectivity index (χ1) is 12.1. The van der Waals surface area contributed by atoms with Gasteiger partial charge in [0.15, 0.2) is 0 Å². The summed E-state index contributed by atoms with van der Waals surface area (Å²) >= 11 is 1.85. The molecule has 0 amide bonds. The Bertz CT molecular complexity index is 693. The molecule has 1 aromatic heterocycles. The molecule has 0 saturated carbocycles. The predicted octanol–water partition coefficient (Wildman–Crippen LogP) is 2.92. The van der Waals surface area contributed by atoms with Gasteiger partial charge in [0, 0.05) is 35.9 Å². The molecule has 1 aliphatic heterocycles. The molecular weight excluding hydrogens is 336 g/mol. The van der Waals surface area contributed by atoms with Gasteiger partial charge in [-0.3, -0.25) is 4.90 Å².